The predicted octanol–water partition coefficient (Wildman–Crippen LogP) is 4.73. The molecule has 6 heteroatoms. The van der Waals surface area contributed by atoms with E-state index in [1.807, 2.05) is 30.3 Å². The summed E-state index contributed by atoms with van der Waals surface area (Å²) >= 11 is 0. The number of benzene rings is 2. The van der Waals surface area contributed by atoms with E-state index < -0.39 is 17.6 Å². The molecule has 0 radical (unpaired) electrons. The van der Waals surface area contributed by atoms with Crippen LogP contribution < -0.4 is 0 Å². The molecule has 2 aliphatic heterocycles. The van der Waals surface area contributed by atoms with Crippen molar-refractivity contribution in [3.63, 3.8) is 0 Å². The molecule has 2 aromatic carbocycles. The number of rotatable bonds is 4. The predicted molar refractivity (Wildman–Crippen MR) is 98.7 cm³/mol. The molecule has 2 aliphatic rings. The Bertz CT molecular complexity index is 873. The molecule has 4 rings (SSSR count). The van der Waals surface area contributed by atoms with Crippen LogP contribution in [0.3, 0.4) is 0 Å². The molecule has 0 N–H and O–H groups in total. The van der Waals surface area contributed by atoms with Crippen molar-refractivity contribution in [2.75, 3.05) is 0 Å². The number of carbonyl (C=O) groups excluding carboxylic acids is 2. The number of hydrogen-bond acceptors (Lipinski definition) is 3. The fraction of sp³-hybridized carbons (Fsp3) is 0.364. The second-order valence-corrected chi connectivity index (χ2v) is 7.47. The lowest BCUT2D eigenvalue weighted by Gasteiger charge is -2.37. The van der Waals surface area contributed by atoms with E-state index in [-0.39, 0.29) is 36.1 Å². The SMILES string of the molecule is O=C(c1cccc(F)c1F)C1CC2CCC(C1)N2C(=O)OCc1ccccc1. The van der Waals surface area contributed by atoms with Crippen LogP contribution in [-0.4, -0.2) is 28.9 Å². The van der Waals surface area contributed by atoms with E-state index in [9.17, 15) is 18.4 Å². The Morgan fingerprint density at radius 1 is 0.964 bits per heavy atom. The highest BCUT2D eigenvalue weighted by Crippen LogP contribution is 2.40. The number of hydrogen-bond donors (Lipinski definition) is 0. The van der Waals surface area contributed by atoms with Gasteiger partial charge in [-0.15, -0.1) is 0 Å². The van der Waals surface area contributed by atoms with Crippen molar-refractivity contribution in [2.45, 2.75) is 44.4 Å². The lowest BCUT2D eigenvalue weighted by atomic mass is 9.84. The first-order valence-corrected chi connectivity index (χ1v) is 9.52. The summed E-state index contributed by atoms with van der Waals surface area (Å²) < 4.78 is 32.9. The van der Waals surface area contributed by atoms with E-state index in [0.717, 1.165) is 24.5 Å². The lowest BCUT2D eigenvalue weighted by Crippen LogP contribution is -2.48. The Kier molecular flexibility index (Phi) is 5.11. The number of ether oxygens (including phenoxy) is 1. The monoisotopic (exact) mass is 385 g/mol. The molecule has 2 aromatic rings. The number of ketones is 1. The summed E-state index contributed by atoms with van der Waals surface area (Å²) in [4.78, 5) is 27.1. The smallest absolute Gasteiger partial charge is 0.410 e. The van der Waals surface area contributed by atoms with Gasteiger partial charge in [0, 0.05) is 18.0 Å². The van der Waals surface area contributed by atoms with Gasteiger partial charge in [-0.1, -0.05) is 36.4 Å². The minimum atomic E-state index is -1.09. The van der Waals surface area contributed by atoms with Gasteiger partial charge in [0.05, 0.1) is 5.56 Å². The maximum absolute atomic E-state index is 14.0. The zero-order valence-corrected chi connectivity index (χ0v) is 15.3. The number of piperidine rings is 1. The van der Waals surface area contributed by atoms with Crippen molar-refractivity contribution < 1.29 is 23.1 Å². The fourth-order valence-corrected chi connectivity index (χ4v) is 4.40. The minimum absolute atomic E-state index is 0.104. The van der Waals surface area contributed by atoms with Gasteiger partial charge in [-0.05, 0) is 43.4 Å². The maximum Gasteiger partial charge on any atom is 0.410 e. The summed E-state index contributed by atoms with van der Waals surface area (Å²) in [5.41, 5.74) is 0.708. The van der Waals surface area contributed by atoms with Gasteiger partial charge in [-0.3, -0.25) is 4.79 Å². The highest BCUT2D eigenvalue weighted by molar-refractivity contribution is 5.98. The largest absolute Gasteiger partial charge is 0.445 e. The van der Waals surface area contributed by atoms with Crippen molar-refractivity contribution in [3.8, 4) is 0 Å². The zero-order chi connectivity index (χ0) is 19.7. The summed E-state index contributed by atoms with van der Waals surface area (Å²) in [5.74, 6) is -2.90. The Balaban J connectivity index is 1.42. The molecular formula is C22H21F2NO3. The first-order valence-electron chi connectivity index (χ1n) is 9.52. The molecule has 2 heterocycles. The topological polar surface area (TPSA) is 46.6 Å². The lowest BCUT2D eigenvalue weighted by molar-refractivity contribution is 0.0483. The summed E-state index contributed by atoms with van der Waals surface area (Å²) in [6.07, 6.45) is 2.11. The van der Waals surface area contributed by atoms with E-state index in [1.54, 1.807) is 4.90 Å². The summed E-state index contributed by atoms with van der Waals surface area (Å²) in [6.45, 7) is 0.201. The second-order valence-electron chi connectivity index (χ2n) is 7.47. The van der Waals surface area contributed by atoms with Crippen LogP contribution in [0.2, 0.25) is 0 Å². The van der Waals surface area contributed by atoms with Gasteiger partial charge in [-0.25, -0.2) is 13.6 Å². The molecule has 0 aromatic heterocycles. The second kappa shape index (κ2) is 7.70. The minimum Gasteiger partial charge on any atom is -0.445 e. The van der Waals surface area contributed by atoms with Crippen LogP contribution in [0.5, 0.6) is 0 Å². The van der Waals surface area contributed by atoms with Crippen LogP contribution in [0.1, 0.15) is 41.6 Å². The molecule has 1 amide bonds. The Hall–Kier alpha value is -2.76. The van der Waals surface area contributed by atoms with Gasteiger partial charge >= 0.3 is 6.09 Å². The number of carbonyl (C=O) groups is 2. The highest BCUT2D eigenvalue weighted by Gasteiger charge is 2.46. The molecule has 2 bridgehead atoms. The molecule has 2 unspecified atom stereocenters. The van der Waals surface area contributed by atoms with Crippen molar-refractivity contribution >= 4 is 11.9 Å². The first kappa shape index (κ1) is 18.6. The van der Waals surface area contributed by atoms with Gasteiger partial charge in [-0.2, -0.15) is 0 Å². The summed E-state index contributed by atoms with van der Waals surface area (Å²) in [7, 11) is 0. The molecule has 0 spiro atoms. The number of fused-ring (bicyclic) bond motifs is 2. The number of amides is 1. The molecular weight excluding hydrogens is 364 g/mol. The molecule has 2 fully saturated rings. The van der Waals surface area contributed by atoms with E-state index in [0.29, 0.717) is 12.8 Å². The molecule has 146 valence electrons. The van der Waals surface area contributed by atoms with Crippen molar-refractivity contribution in [3.05, 3.63) is 71.3 Å². The normalized spacial score (nSPS) is 23.5. The average Bonchev–Trinajstić information content (AvgIpc) is 2.98. The van der Waals surface area contributed by atoms with Gasteiger partial charge in [0.2, 0.25) is 0 Å². The molecule has 0 aliphatic carbocycles. The van der Waals surface area contributed by atoms with E-state index in [1.165, 1.54) is 12.1 Å². The number of Topliss-reactive ketones (excluding diaryl/α,β-unsaturated/α-hetero) is 1. The van der Waals surface area contributed by atoms with Crippen molar-refractivity contribution in [1.82, 2.24) is 4.90 Å². The average molecular weight is 385 g/mol. The van der Waals surface area contributed by atoms with Crippen LogP contribution in [-0.2, 0) is 11.3 Å². The third-order valence-corrected chi connectivity index (χ3v) is 5.74. The van der Waals surface area contributed by atoms with Crippen molar-refractivity contribution in [1.29, 1.82) is 0 Å². The van der Waals surface area contributed by atoms with Gasteiger partial charge in [0.15, 0.2) is 17.4 Å². The Morgan fingerprint density at radius 2 is 1.64 bits per heavy atom. The van der Waals surface area contributed by atoms with Crippen molar-refractivity contribution in [2.24, 2.45) is 5.92 Å². The molecule has 28 heavy (non-hydrogen) atoms. The maximum atomic E-state index is 14.0. The van der Waals surface area contributed by atoms with E-state index >= 15 is 0 Å². The molecule has 4 nitrogen and oxygen atoms in total. The zero-order valence-electron chi connectivity index (χ0n) is 15.3. The molecule has 0 saturated carbocycles. The summed E-state index contributed by atoms with van der Waals surface area (Å²) in [5, 5.41) is 0. The van der Waals surface area contributed by atoms with Crippen LogP contribution in [0.15, 0.2) is 48.5 Å². The Morgan fingerprint density at radius 3 is 2.32 bits per heavy atom. The molecule has 2 saturated heterocycles. The van der Waals surface area contributed by atoms with Crippen LogP contribution in [0, 0.1) is 17.6 Å². The highest BCUT2D eigenvalue weighted by atomic mass is 19.2. The van der Waals surface area contributed by atoms with Crippen LogP contribution in [0.4, 0.5) is 13.6 Å². The molecule has 2 atom stereocenters. The number of halogens is 2. The third-order valence-electron chi connectivity index (χ3n) is 5.74. The summed E-state index contributed by atoms with van der Waals surface area (Å²) in [6, 6.07) is 12.9. The van der Waals surface area contributed by atoms with E-state index in [2.05, 4.69) is 0 Å². The van der Waals surface area contributed by atoms with E-state index in [4.69, 9.17) is 4.74 Å². The number of nitrogens with zero attached hydrogens (tertiary/aromatic N) is 1. The Labute approximate surface area is 162 Å². The van der Waals surface area contributed by atoms with Gasteiger partial charge < -0.3 is 9.64 Å². The van der Waals surface area contributed by atoms with Crippen LogP contribution in [0.25, 0.3) is 0 Å². The fourth-order valence-electron chi connectivity index (χ4n) is 4.40. The van der Waals surface area contributed by atoms with Gasteiger partial charge in [0.1, 0.15) is 6.61 Å². The standard InChI is InChI=1S/C22H21F2NO3/c23-19-8-4-7-18(20(19)24)21(26)15-11-16-9-10-17(12-15)25(16)22(27)28-13-14-5-2-1-3-6-14/h1-8,15-17H,9-13H2. The van der Waals surface area contributed by atoms with Crippen LogP contribution >= 0.6 is 0 Å². The first-order chi connectivity index (χ1) is 13.5. The third kappa shape index (κ3) is 3.51. The quantitative estimate of drug-likeness (QED) is 0.715. The van der Waals surface area contributed by atoms with Gasteiger partial charge in [0.25, 0.3) is 0 Å².